The molecule has 1 aromatic heterocycles. The Hall–Kier alpha value is -2.43. The van der Waals surface area contributed by atoms with Crippen molar-refractivity contribution in [2.24, 2.45) is 0 Å². The molecule has 1 amide bonds. The molecule has 1 heterocycles. The lowest BCUT2D eigenvalue weighted by molar-refractivity contribution is 0.0896. The molecule has 5 nitrogen and oxygen atoms in total. The highest BCUT2D eigenvalue weighted by Crippen LogP contribution is 2.39. The number of ether oxygens (including phenoxy) is 1. The van der Waals surface area contributed by atoms with E-state index in [1.54, 1.807) is 13.3 Å². The van der Waals surface area contributed by atoms with E-state index in [1.165, 1.54) is 0 Å². The maximum Gasteiger partial charge on any atom is 0.255 e. The van der Waals surface area contributed by atoms with Crippen LogP contribution >= 0.6 is 0 Å². The van der Waals surface area contributed by atoms with Crippen LogP contribution in [0.15, 0.2) is 30.5 Å². The molecule has 0 aliphatic heterocycles. The summed E-state index contributed by atoms with van der Waals surface area (Å²) in [5.41, 5.74) is 2.06. The van der Waals surface area contributed by atoms with Crippen molar-refractivity contribution in [2.45, 2.75) is 45.1 Å². The zero-order valence-electron chi connectivity index (χ0n) is 14.4. The Morgan fingerprint density at radius 1 is 1.17 bits per heavy atom. The predicted molar refractivity (Wildman–Crippen MR) is 92.1 cm³/mol. The van der Waals surface area contributed by atoms with Gasteiger partial charge in [-0.25, -0.2) is 9.97 Å². The molecule has 1 N–H and O–H groups in total. The Bertz CT molecular complexity index is 735. The Morgan fingerprint density at radius 2 is 1.83 bits per heavy atom. The summed E-state index contributed by atoms with van der Waals surface area (Å²) < 4.78 is 5.24. The first-order chi connectivity index (χ1) is 11.5. The van der Waals surface area contributed by atoms with E-state index in [9.17, 15) is 4.79 Å². The van der Waals surface area contributed by atoms with Gasteiger partial charge >= 0.3 is 0 Å². The van der Waals surface area contributed by atoms with Gasteiger partial charge in [0, 0.05) is 6.20 Å². The Balaban J connectivity index is 1.89. The maximum atomic E-state index is 12.8. The number of nitrogens with zero attached hydrogens (tertiary/aromatic N) is 2. The number of aromatic nitrogens is 2. The van der Waals surface area contributed by atoms with E-state index in [-0.39, 0.29) is 11.4 Å². The molecular weight excluding hydrogens is 302 g/mol. The van der Waals surface area contributed by atoms with Crippen LogP contribution in [0.5, 0.6) is 5.75 Å². The highest BCUT2D eigenvalue weighted by Gasteiger charge is 2.37. The van der Waals surface area contributed by atoms with E-state index in [2.05, 4.69) is 15.3 Å². The molecule has 1 fully saturated rings. The van der Waals surface area contributed by atoms with Gasteiger partial charge in [0.25, 0.3) is 5.91 Å². The zero-order chi connectivity index (χ0) is 17.2. The Kier molecular flexibility index (Phi) is 4.51. The molecule has 1 aliphatic rings. The quantitative estimate of drug-likeness (QED) is 0.937. The molecular formula is C19H23N3O2. The zero-order valence-corrected chi connectivity index (χ0v) is 14.4. The molecule has 5 heteroatoms. The summed E-state index contributed by atoms with van der Waals surface area (Å²) in [6.07, 6.45) is 5.71. The van der Waals surface area contributed by atoms with Crippen LogP contribution in [0.2, 0.25) is 0 Å². The summed E-state index contributed by atoms with van der Waals surface area (Å²) in [6.45, 7) is 3.67. The van der Waals surface area contributed by atoms with Crippen molar-refractivity contribution in [2.75, 3.05) is 7.11 Å². The van der Waals surface area contributed by atoms with Gasteiger partial charge < -0.3 is 10.1 Å². The molecule has 24 heavy (non-hydrogen) atoms. The first kappa shape index (κ1) is 16.4. The highest BCUT2D eigenvalue weighted by molar-refractivity contribution is 5.95. The van der Waals surface area contributed by atoms with Gasteiger partial charge in [-0.1, -0.05) is 25.0 Å². The molecule has 1 aliphatic carbocycles. The number of nitrogens with one attached hydrogen (secondary N) is 1. The molecule has 0 atom stereocenters. The molecule has 0 saturated heterocycles. The van der Waals surface area contributed by atoms with E-state index in [0.717, 1.165) is 37.0 Å². The minimum absolute atomic E-state index is 0.106. The average Bonchev–Trinajstić information content (AvgIpc) is 3.04. The molecule has 0 radical (unpaired) electrons. The molecule has 3 rings (SSSR count). The first-order valence-corrected chi connectivity index (χ1v) is 8.31. The van der Waals surface area contributed by atoms with Gasteiger partial charge in [-0.2, -0.15) is 0 Å². The lowest BCUT2D eigenvalue weighted by atomic mass is 9.87. The summed E-state index contributed by atoms with van der Waals surface area (Å²) in [5.74, 6) is 1.39. The minimum atomic E-state index is -0.319. The molecule has 0 unspecified atom stereocenters. The molecule has 0 bridgehead atoms. The lowest BCUT2D eigenvalue weighted by Crippen LogP contribution is -2.44. The lowest BCUT2D eigenvalue weighted by Gasteiger charge is -2.31. The summed E-state index contributed by atoms with van der Waals surface area (Å²) in [4.78, 5) is 21.3. The van der Waals surface area contributed by atoms with E-state index in [4.69, 9.17) is 4.74 Å². The fourth-order valence-electron chi connectivity index (χ4n) is 3.47. The van der Waals surface area contributed by atoms with E-state index in [1.807, 2.05) is 38.1 Å². The van der Waals surface area contributed by atoms with Crippen molar-refractivity contribution >= 4 is 5.91 Å². The second-order valence-corrected chi connectivity index (χ2v) is 6.39. The Labute approximate surface area is 142 Å². The van der Waals surface area contributed by atoms with Gasteiger partial charge in [-0.05, 0) is 44.4 Å². The van der Waals surface area contributed by atoms with Gasteiger partial charge in [0.15, 0.2) is 0 Å². The second-order valence-electron chi connectivity index (χ2n) is 6.39. The van der Waals surface area contributed by atoms with Crippen LogP contribution in [-0.2, 0) is 5.54 Å². The van der Waals surface area contributed by atoms with Gasteiger partial charge in [0.1, 0.15) is 11.6 Å². The first-order valence-electron chi connectivity index (χ1n) is 8.31. The number of hydrogen-bond acceptors (Lipinski definition) is 4. The van der Waals surface area contributed by atoms with Crippen molar-refractivity contribution in [3.63, 3.8) is 0 Å². The molecule has 1 aromatic carbocycles. The van der Waals surface area contributed by atoms with Crippen molar-refractivity contribution < 1.29 is 9.53 Å². The smallest absolute Gasteiger partial charge is 0.255 e. The van der Waals surface area contributed by atoms with E-state index >= 15 is 0 Å². The largest absolute Gasteiger partial charge is 0.497 e. The Morgan fingerprint density at radius 3 is 2.42 bits per heavy atom. The van der Waals surface area contributed by atoms with Crippen molar-refractivity contribution in [3.05, 3.63) is 53.1 Å². The third-order valence-electron chi connectivity index (χ3n) is 4.80. The van der Waals surface area contributed by atoms with Crippen LogP contribution in [0, 0.1) is 13.8 Å². The SMILES string of the molecule is COc1ccc(C2(NC(=O)c3cnc(C)nc3C)CCCC2)cc1. The fraction of sp³-hybridized carbons (Fsp3) is 0.421. The molecule has 126 valence electrons. The maximum absolute atomic E-state index is 12.8. The third-order valence-corrected chi connectivity index (χ3v) is 4.80. The number of hydrogen-bond donors (Lipinski definition) is 1. The minimum Gasteiger partial charge on any atom is -0.497 e. The average molecular weight is 325 g/mol. The number of carbonyl (C=O) groups is 1. The number of methoxy groups -OCH3 is 1. The van der Waals surface area contributed by atoms with Crippen LogP contribution in [0.4, 0.5) is 0 Å². The topological polar surface area (TPSA) is 64.1 Å². The summed E-state index contributed by atoms with van der Waals surface area (Å²) in [7, 11) is 1.66. The summed E-state index contributed by atoms with van der Waals surface area (Å²) in [6, 6.07) is 7.98. The van der Waals surface area contributed by atoms with Crippen LogP contribution in [0.25, 0.3) is 0 Å². The van der Waals surface area contributed by atoms with E-state index in [0.29, 0.717) is 17.1 Å². The van der Waals surface area contributed by atoms with Crippen LogP contribution < -0.4 is 10.1 Å². The number of carbonyl (C=O) groups excluding carboxylic acids is 1. The normalized spacial score (nSPS) is 16.0. The monoisotopic (exact) mass is 325 g/mol. The van der Waals surface area contributed by atoms with Gasteiger partial charge in [-0.3, -0.25) is 4.79 Å². The number of rotatable bonds is 4. The van der Waals surface area contributed by atoms with Crippen LogP contribution in [0.1, 0.15) is 53.1 Å². The van der Waals surface area contributed by atoms with E-state index < -0.39 is 0 Å². The second kappa shape index (κ2) is 6.59. The van der Waals surface area contributed by atoms with Crippen molar-refractivity contribution in [1.29, 1.82) is 0 Å². The fourth-order valence-corrected chi connectivity index (χ4v) is 3.47. The standard InChI is InChI=1S/C19H23N3O2/c1-13-17(12-20-14(2)21-13)18(23)22-19(10-4-5-11-19)15-6-8-16(24-3)9-7-15/h6-9,12H,4-5,10-11H2,1-3H3,(H,22,23). The van der Waals surface area contributed by atoms with Crippen LogP contribution in [0.3, 0.4) is 0 Å². The number of amides is 1. The van der Waals surface area contributed by atoms with Crippen LogP contribution in [-0.4, -0.2) is 23.0 Å². The number of benzene rings is 1. The van der Waals surface area contributed by atoms with Gasteiger partial charge in [0.05, 0.1) is 23.9 Å². The molecule has 2 aromatic rings. The highest BCUT2D eigenvalue weighted by atomic mass is 16.5. The molecule has 0 spiro atoms. The summed E-state index contributed by atoms with van der Waals surface area (Å²) >= 11 is 0. The third kappa shape index (κ3) is 3.11. The van der Waals surface area contributed by atoms with Crippen molar-refractivity contribution in [3.8, 4) is 5.75 Å². The van der Waals surface area contributed by atoms with Gasteiger partial charge in [-0.15, -0.1) is 0 Å². The van der Waals surface area contributed by atoms with Crippen molar-refractivity contribution in [1.82, 2.24) is 15.3 Å². The summed E-state index contributed by atoms with van der Waals surface area (Å²) in [5, 5.41) is 3.26. The van der Waals surface area contributed by atoms with Gasteiger partial charge in [0.2, 0.25) is 0 Å². The number of aryl methyl sites for hydroxylation is 2. The predicted octanol–water partition coefficient (Wildman–Crippen LogP) is 3.30. The molecule has 1 saturated carbocycles.